The van der Waals surface area contributed by atoms with Gasteiger partial charge in [0.05, 0.1) is 19.5 Å². The number of rotatable bonds is 4. The standard InChI is InChI=1S/C11H15NO4/c13-11(10-2-1-6-15-10)16-9-5-12-3-7-14-8-4-12/h1-2,6H,3-5,7-9H2. The molecule has 0 unspecified atom stereocenters. The first-order valence-electron chi connectivity index (χ1n) is 5.37. The van der Waals surface area contributed by atoms with Gasteiger partial charge in [-0.2, -0.15) is 0 Å². The van der Waals surface area contributed by atoms with Crippen LogP contribution in [0.2, 0.25) is 0 Å². The van der Waals surface area contributed by atoms with Crippen LogP contribution in [0.4, 0.5) is 0 Å². The van der Waals surface area contributed by atoms with E-state index >= 15 is 0 Å². The summed E-state index contributed by atoms with van der Waals surface area (Å²) in [4.78, 5) is 13.6. The topological polar surface area (TPSA) is 51.9 Å². The summed E-state index contributed by atoms with van der Waals surface area (Å²) in [5, 5.41) is 0. The predicted molar refractivity (Wildman–Crippen MR) is 56.2 cm³/mol. The molecule has 1 aliphatic rings. The van der Waals surface area contributed by atoms with E-state index in [1.54, 1.807) is 12.1 Å². The first-order chi connectivity index (χ1) is 7.86. The fourth-order valence-corrected chi connectivity index (χ4v) is 1.56. The number of carbonyl (C=O) groups is 1. The Hall–Kier alpha value is -1.33. The van der Waals surface area contributed by atoms with Crippen LogP contribution in [0, 0.1) is 0 Å². The van der Waals surface area contributed by atoms with E-state index in [4.69, 9.17) is 13.9 Å². The molecule has 1 saturated heterocycles. The molecule has 1 aromatic heterocycles. The molecule has 16 heavy (non-hydrogen) atoms. The predicted octanol–water partition coefficient (Wildman–Crippen LogP) is 0.769. The maximum atomic E-state index is 11.4. The SMILES string of the molecule is O=C(OCCN1CCOCC1)c1ccco1. The Kier molecular flexibility index (Phi) is 3.96. The zero-order valence-corrected chi connectivity index (χ0v) is 9.05. The van der Waals surface area contributed by atoms with Gasteiger partial charge in [-0.25, -0.2) is 4.79 Å². The molecule has 5 nitrogen and oxygen atoms in total. The Labute approximate surface area is 93.9 Å². The normalized spacial score (nSPS) is 17.2. The van der Waals surface area contributed by atoms with Crippen LogP contribution in [0.1, 0.15) is 10.6 Å². The molecule has 1 aliphatic heterocycles. The van der Waals surface area contributed by atoms with E-state index in [0.717, 1.165) is 32.8 Å². The average molecular weight is 225 g/mol. The molecular formula is C11H15NO4. The van der Waals surface area contributed by atoms with Crippen molar-refractivity contribution in [1.82, 2.24) is 4.90 Å². The highest BCUT2D eigenvalue weighted by Gasteiger charge is 2.13. The molecule has 0 amide bonds. The summed E-state index contributed by atoms with van der Waals surface area (Å²) in [7, 11) is 0. The average Bonchev–Trinajstić information content (AvgIpc) is 2.84. The second-order valence-electron chi connectivity index (χ2n) is 3.57. The summed E-state index contributed by atoms with van der Waals surface area (Å²) in [6.45, 7) is 4.45. The Morgan fingerprint density at radius 1 is 1.44 bits per heavy atom. The minimum atomic E-state index is -0.404. The third-order valence-electron chi connectivity index (χ3n) is 2.47. The van der Waals surface area contributed by atoms with Crippen LogP contribution in [0.3, 0.4) is 0 Å². The van der Waals surface area contributed by atoms with Crippen LogP contribution in [-0.4, -0.2) is 50.3 Å². The first kappa shape index (κ1) is 11.2. The molecule has 0 radical (unpaired) electrons. The second-order valence-corrected chi connectivity index (χ2v) is 3.57. The summed E-state index contributed by atoms with van der Waals surface area (Å²) in [5.41, 5.74) is 0. The summed E-state index contributed by atoms with van der Waals surface area (Å²) in [6.07, 6.45) is 1.46. The van der Waals surface area contributed by atoms with Crippen molar-refractivity contribution < 1.29 is 18.7 Å². The highest BCUT2D eigenvalue weighted by atomic mass is 16.5. The monoisotopic (exact) mass is 225 g/mol. The zero-order valence-electron chi connectivity index (χ0n) is 9.05. The van der Waals surface area contributed by atoms with Gasteiger partial charge in [-0.05, 0) is 12.1 Å². The molecule has 0 N–H and O–H groups in total. The van der Waals surface area contributed by atoms with Crippen molar-refractivity contribution in [1.29, 1.82) is 0 Å². The summed E-state index contributed by atoms with van der Waals surface area (Å²) in [5.74, 6) is -0.153. The molecule has 0 bridgehead atoms. The molecule has 1 aromatic rings. The van der Waals surface area contributed by atoms with Gasteiger partial charge in [-0.1, -0.05) is 0 Å². The van der Waals surface area contributed by atoms with E-state index < -0.39 is 5.97 Å². The van der Waals surface area contributed by atoms with Crippen LogP contribution in [-0.2, 0) is 9.47 Å². The highest BCUT2D eigenvalue weighted by Crippen LogP contribution is 2.02. The van der Waals surface area contributed by atoms with Gasteiger partial charge in [0, 0.05) is 19.6 Å². The minimum Gasteiger partial charge on any atom is -0.458 e. The molecule has 1 fully saturated rings. The van der Waals surface area contributed by atoms with Gasteiger partial charge in [0.25, 0.3) is 0 Å². The number of ether oxygens (including phenoxy) is 2. The highest BCUT2D eigenvalue weighted by molar-refractivity contribution is 5.86. The van der Waals surface area contributed by atoms with Gasteiger partial charge in [0.15, 0.2) is 0 Å². The first-order valence-corrected chi connectivity index (χ1v) is 5.37. The van der Waals surface area contributed by atoms with Crippen molar-refractivity contribution in [2.45, 2.75) is 0 Å². The number of nitrogens with zero attached hydrogens (tertiary/aromatic N) is 1. The van der Waals surface area contributed by atoms with Crippen LogP contribution in [0.5, 0.6) is 0 Å². The van der Waals surface area contributed by atoms with E-state index in [1.165, 1.54) is 6.26 Å². The number of carbonyl (C=O) groups excluding carboxylic acids is 1. The molecule has 0 atom stereocenters. The third kappa shape index (κ3) is 3.08. The van der Waals surface area contributed by atoms with Crippen molar-refractivity contribution in [3.05, 3.63) is 24.2 Å². The third-order valence-corrected chi connectivity index (χ3v) is 2.47. The quantitative estimate of drug-likeness (QED) is 0.708. The van der Waals surface area contributed by atoms with E-state index in [0.29, 0.717) is 6.61 Å². The lowest BCUT2D eigenvalue weighted by Crippen LogP contribution is -2.38. The lowest BCUT2D eigenvalue weighted by atomic mass is 10.4. The van der Waals surface area contributed by atoms with Crippen molar-refractivity contribution in [2.75, 3.05) is 39.5 Å². The molecule has 2 heterocycles. The molecule has 2 rings (SSSR count). The van der Waals surface area contributed by atoms with Crippen molar-refractivity contribution in [3.8, 4) is 0 Å². The van der Waals surface area contributed by atoms with E-state index in [9.17, 15) is 4.79 Å². The Bertz CT molecular complexity index is 317. The van der Waals surface area contributed by atoms with Crippen LogP contribution in [0.15, 0.2) is 22.8 Å². The van der Waals surface area contributed by atoms with Crippen LogP contribution in [0.25, 0.3) is 0 Å². The lowest BCUT2D eigenvalue weighted by molar-refractivity contribution is 0.0182. The van der Waals surface area contributed by atoms with Gasteiger partial charge in [0.2, 0.25) is 5.76 Å². The fraction of sp³-hybridized carbons (Fsp3) is 0.545. The fourth-order valence-electron chi connectivity index (χ4n) is 1.56. The lowest BCUT2D eigenvalue weighted by Gasteiger charge is -2.25. The van der Waals surface area contributed by atoms with Gasteiger partial charge >= 0.3 is 5.97 Å². The van der Waals surface area contributed by atoms with Crippen LogP contribution >= 0.6 is 0 Å². The van der Waals surface area contributed by atoms with Gasteiger partial charge in [-0.15, -0.1) is 0 Å². The van der Waals surface area contributed by atoms with Gasteiger partial charge in [-0.3, -0.25) is 4.90 Å². The van der Waals surface area contributed by atoms with Crippen molar-refractivity contribution in [2.24, 2.45) is 0 Å². The molecule has 0 aromatic carbocycles. The Morgan fingerprint density at radius 3 is 2.94 bits per heavy atom. The van der Waals surface area contributed by atoms with Crippen LogP contribution < -0.4 is 0 Å². The molecular weight excluding hydrogens is 210 g/mol. The largest absolute Gasteiger partial charge is 0.458 e. The van der Waals surface area contributed by atoms with Crippen molar-refractivity contribution in [3.63, 3.8) is 0 Å². The smallest absolute Gasteiger partial charge is 0.374 e. The van der Waals surface area contributed by atoms with Gasteiger partial charge < -0.3 is 13.9 Å². The maximum absolute atomic E-state index is 11.4. The van der Waals surface area contributed by atoms with E-state index in [1.807, 2.05) is 0 Å². The Morgan fingerprint density at radius 2 is 2.25 bits per heavy atom. The van der Waals surface area contributed by atoms with Crippen molar-refractivity contribution >= 4 is 5.97 Å². The number of hydrogen-bond acceptors (Lipinski definition) is 5. The van der Waals surface area contributed by atoms with E-state index in [2.05, 4.69) is 4.90 Å². The molecule has 5 heteroatoms. The number of hydrogen-bond donors (Lipinski definition) is 0. The summed E-state index contributed by atoms with van der Waals surface area (Å²) >= 11 is 0. The molecule has 88 valence electrons. The maximum Gasteiger partial charge on any atom is 0.374 e. The number of furan rings is 1. The van der Waals surface area contributed by atoms with E-state index in [-0.39, 0.29) is 5.76 Å². The molecule has 0 aliphatic carbocycles. The molecule has 0 spiro atoms. The number of morpholine rings is 1. The molecule has 0 saturated carbocycles. The van der Waals surface area contributed by atoms with Gasteiger partial charge in [0.1, 0.15) is 6.61 Å². The second kappa shape index (κ2) is 5.67. The summed E-state index contributed by atoms with van der Waals surface area (Å²) in [6, 6.07) is 3.26. The number of esters is 1. The zero-order chi connectivity index (χ0) is 11.2. The summed E-state index contributed by atoms with van der Waals surface area (Å²) < 4.78 is 15.2. The Balaban J connectivity index is 1.66. The minimum absolute atomic E-state index is 0.252.